The summed E-state index contributed by atoms with van der Waals surface area (Å²) in [5.74, 6) is 0.597. The minimum atomic E-state index is -0.550. The molecule has 0 fully saturated rings. The molecule has 2 rings (SSSR count). The van der Waals surface area contributed by atoms with Gasteiger partial charge in [-0.25, -0.2) is 4.79 Å². The molecule has 0 aromatic heterocycles. The van der Waals surface area contributed by atoms with Gasteiger partial charge in [-0.15, -0.1) is 0 Å². The third kappa shape index (κ3) is 2.27. The number of rotatable bonds is 3. The Kier molecular flexibility index (Phi) is 3.48. The third-order valence-corrected chi connectivity index (χ3v) is 2.56. The Bertz CT molecular complexity index is 541. The molecule has 2 aromatic carbocycles. The zero-order valence-electron chi connectivity index (χ0n) is 10.0. The molecule has 2 aromatic rings. The summed E-state index contributed by atoms with van der Waals surface area (Å²) < 4.78 is 5.25. The summed E-state index contributed by atoms with van der Waals surface area (Å²) in [6.45, 7) is 0. The number of benzene rings is 2. The fourth-order valence-corrected chi connectivity index (χ4v) is 1.78. The standard InChI is InChI=1S/C14H14N2O2/c1-18-13-10-6-5-9-12(13)16(14(15)17)11-7-3-2-4-8-11/h2-10H,1H3,(H2,15,17). The normalized spacial score (nSPS) is 9.83. The fraction of sp³-hybridized carbons (Fsp3) is 0.0714. The number of hydrogen-bond donors (Lipinski definition) is 1. The smallest absolute Gasteiger partial charge is 0.324 e. The van der Waals surface area contributed by atoms with Crippen molar-refractivity contribution in [2.24, 2.45) is 5.73 Å². The SMILES string of the molecule is COc1ccccc1N(C(N)=O)c1ccccc1. The topological polar surface area (TPSA) is 55.6 Å². The van der Waals surface area contributed by atoms with E-state index in [1.807, 2.05) is 42.5 Å². The number of carbonyl (C=O) groups excluding carboxylic acids is 1. The average Bonchev–Trinajstić information content (AvgIpc) is 2.40. The number of methoxy groups -OCH3 is 1. The zero-order valence-corrected chi connectivity index (χ0v) is 10.0. The van der Waals surface area contributed by atoms with Gasteiger partial charge in [-0.05, 0) is 24.3 Å². The van der Waals surface area contributed by atoms with Crippen LogP contribution in [0.25, 0.3) is 0 Å². The van der Waals surface area contributed by atoms with Crippen molar-refractivity contribution in [3.8, 4) is 5.75 Å². The van der Waals surface area contributed by atoms with Gasteiger partial charge in [-0.3, -0.25) is 4.90 Å². The third-order valence-electron chi connectivity index (χ3n) is 2.56. The van der Waals surface area contributed by atoms with Gasteiger partial charge in [0.15, 0.2) is 0 Å². The summed E-state index contributed by atoms with van der Waals surface area (Å²) >= 11 is 0. The molecule has 0 aliphatic rings. The van der Waals surface area contributed by atoms with Crippen molar-refractivity contribution in [2.75, 3.05) is 12.0 Å². The van der Waals surface area contributed by atoms with Crippen molar-refractivity contribution in [1.82, 2.24) is 0 Å². The van der Waals surface area contributed by atoms with Crippen LogP contribution in [-0.2, 0) is 0 Å². The van der Waals surface area contributed by atoms with E-state index in [1.165, 1.54) is 4.90 Å². The number of nitrogens with two attached hydrogens (primary N) is 1. The Morgan fingerprint density at radius 3 is 2.28 bits per heavy atom. The van der Waals surface area contributed by atoms with Crippen LogP contribution in [0.1, 0.15) is 0 Å². The van der Waals surface area contributed by atoms with Crippen LogP contribution < -0.4 is 15.4 Å². The first-order valence-electron chi connectivity index (χ1n) is 5.51. The molecule has 0 saturated heterocycles. The van der Waals surface area contributed by atoms with Gasteiger partial charge in [-0.1, -0.05) is 30.3 Å². The van der Waals surface area contributed by atoms with E-state index in [9.17, 15) is 4.79 Å². The van der Waals surface area contributed by atoms with E-state index < -0.39 is 6.03 Å². The second-order valence-electron chi connectivity index (χ2n) is 3.68. The monoisotopic (exact) mass is 242 g/mol. The van der Waals surface area contributed by atoms with Gasteiger partial charge in [0.1, 0.15) is 5.75 Å². The van der Waals surface area contributed by atoms with Crippen molar-refractivity contribution in [3.63, 3.8) is 0 Å². The summed E-state index contributed by atoms with van der Waals surface area (Å²) in [7, 11) is 1.56. The Labute approximate surface area is 106 Å². The molecule has 2 N–H and O–H groups in total. The number of primary amides is 1. The molecule has 0 saturated carbocycles. The van der Waals surface area contributed by atoms with Gasteiger partial charge in [0.05, 0.1) is 18.5 Å². The molecule has 0 bridgehead atoms. The molecular weight excluding hydrogens is 228 g/mol. The van der Waals surface area contributed by atoms with Gasteiger partial charge < -0.3 is 10.5 Å². The van der Waals surface area contributed by atoms with E-state index in [4.69, 9.17) is 10.5 Å². The van der Waals surface area contributed by atoms with Crippen LogP contribution in [0.15, 0.2) is 54.6 Å². The average molecular weight is 242 g/mol. The van der Waals surface area contributed by atoms with Crippen molar-refractivity contribution in [1.29, 1.82) is 0 Å². The van der Waals surface area contributed by atoms with Crippen molar-refractivity contribution in [2.45, 2.75) is 0 Å². The summed E-state index contributed by atoms with van der Waals surface area (Å²) in [6, 6.07) is 15.9. The first-order chi connectivity index (χ1) is 8.74. The van der Waals surface area contributed by atoms with Crippen LogP contribution >= 0.6 is 0 Å². The Morgan fingerprint density at radius 2 is 1.67 bits per heavy atom. The largest absolute Gasteiger partial charge is 0.495 e. The van der Waals surface area contributed by atoms with E-state index in [2.05, 4.69) is 0 Å². The van der Waals surface area contributed by atoms with Crippen molar-refractivity contribution >= 4 is 17.4 Å². The molecule has 4 nitrogen and oxygen atoms in total. The van der Waals surface area contributed by atoms with E-state index in [0.29, 0.717) is 17.1 Å². The van der Waals surface area contributed by atoms with E-state index in [0.717, 1.165) is 0 Å². The molecule has 0 spiro atoms. The first-order valence-corrected chi connectivity index (χ1v) is 5.51. The van der Waals surface area contributed by atoms with E-state index in [1.54, 1.807) is 19.2 Å². The molecule has 0 aliphatic carbocycles. The predicted molar refractivity (Wildman–Crippen MR) is 71.2 cm³/mol. The fourth-order valence-electron chi connectivity index (χ4n) is 1.78. The number of para-hydroxylation sites is 3. The zero-order chi connectivity index (χ0) is 13.0. The lowest BCUT2D eigenvalue weighted by atomic mass is 10.2. The molecule has 92 valence electrons. The summed E-state index contributed by atoms with van der Waals surface area (Å²) in [4.78, 5) is 13.1. The second-order valence-corrected chi connectivity index (χ2v) is 3.68. The molecule has 0 unspecified atom stereocenters. The summed E-state index contributed by atoms with van der Waals surface area (Å²) in [6.07, 6.45) is 0. The maximum Gasteiger partial charge on any atom is 0.324 e. The van der Waals surface area contributed by atoms with Crippen LogP contribution in [0.2, 0.25) is 0 Å². The molecule has 0 radical (unpaired) electrons. The first kappa shape index (κ1) is 12.0. The maximum absolute atomic E-state index is 11.7. The molecular formula is C14H14N2O2. The number of ether oxygens (including phenoxy) is 1. The van der Waals surface area contributed by atoms with Crippen LogP contribution in [0.5, 0.6) is 5.75 Å². The van der Waals surface area contributed by atoms with Crippen molar-refractivity contribution < 1.29 is 9.53 Å². The minimum Gasteiger partial charge on any atom is -0.495 e. The number of carbonyl (C=O) groups is 1. The van der Waals surface area contributed by atoms with Crippen molar-refractivity contribution in [3.05, 3.63) is 54.6 Å². The van der Waals surface area contributed by atoms with Gasteiger partial charge >= 0.3 is 6.03 Å². The van der Waals surface area contributed by atoms with E-state index in [-0.39, 0.29) is 0 Å². The molecule has 2 amide bonds. The van der Waals surface area contributed by atoms with Crippen LogP contribution in [0.4, 0.5) is 16.2 Å². The highest BCUT2D eigenvalue weighted by Gasteiger charge is 2.18. The number of urea groups is 1. The summed E-state index contributed by atoms with van der Waals surface area (Å²) in [5, 5.41) is 0. The molecule has 0 aliphatic heterocycles. The molecule has 0 heterocycles. The Balaban J connectivity index is 2.52. The van der Waals surface area contributed by atoms with E-state index >= 15 is 0 Å². The lowest BCUT2D eigenvalue weighted by Crippen LogP contribution is -2.31. The minimum absolute atomic E-state index is 0.550. The van der Waals surface area contributed by atoms with Crippen LogP contribution in [-0.4, -0.2) is 13.1 Å². The highest BCUT2D eigenvalue weighted by atomic mass is 16.5. The number of hydrogen-bond acceptors (Lipinski definition) is 2. The Hall–Kier alpha value is -2.49. The Morgan fingerprint density at radius 1 is 1.06 bits per heavy atom. The predicted octanol–water partition coefficient (Wildman–Crippen LogP) is 2.91. The lowest BCUT2D eigenvalue weighted by Gasteiger charge is -2.22. The van der Waals surface area contributed by atoms with Gasteiger partial charge in [0.25, 0.3) is 0 Å². The highest BCUT2D eigenvalue weighted by molar-refractivity contribution is 5.99. The van der Waals surface area contributed by atoms with Crippen LogP contribution in [0.3, 0.4) is 0 Å². The molecule has 0 atom stereocenters. The lowest BCUT2D eigenvalue weighted by molar-refractivity contribution is 0.256. The quantitative estimate of drug-likeness (QED) is 0.899. The molecule has 18 heavy (non-hydrogen) atoms. The number of nitrogens with zero attached hydrogens (tertiary/aromatic N) is 1. The van der Waals surface area contributed by atoms with Gasteiger partial charge in [0.2, 0.25) is 0 Å². The van der Waals surface area contributed by atoms with Crippen LogP contribution in [0, 0.1) is 0 Å². The summed E-state index contributed by atoms with van der Waals surface area (Å²) in [5.41, 5.74) is 6.78. The molecule has 4 heteroatoms. The van der Waals surface area contributed by atoms with Gasteiger partial charge in [-0.2, -0.15) is 0 Å². The maximum atomic E-state index is 11.7. The number of anilines is 2. The van der Waals surface area contributed by atoms with Gasteiger partial charge in [0, 0.05) is 0 Å². The second kappa shape index (κ2) is 5.23. The highest BCUT2D eigenvalue weighted by Crippen LogP contribution is 2.32. The number of amides is 2.